The first-order valence-corrected chi connectivity index (χ1v) is 14.4. The van der Waals surface area contributed by atoms with Gasteiger partial charge in [-0.05, 0) is 41.8 Å². The lowest BCUT2D eigenvalue weighted by Crippen LogP contribution is -2.51. The Morgan fingerprint density at radius 1 is 0.927 bits per heavy atom. The van der Waals surface area contributed by atoms with Gasteiger partial charge in [0.1, 0.15) is 30.8 Å². The molecule has 228 valence electrons. The highest BCUT2D eigenvalue weighted by atomic mass is 16.5. The number of aliphatic hydroxyl groups excluding tert-OH is 1. The quantitative estimate of drug-likeness (QED) is 0.274. The van der Waals surface area contributed by atoms with E-state index in [1.54, 1.807) is 21.3 Å². The maximum absolute atomic E-state index is 10.2. The SMILES string of the molecule is COCCCN1CCOc2ccc(COC3CNC[C@@H](OC[C@H](O)COC)C3c3ccc(OCCOC)cc3)cc21. The number of fused-ring (bicyclic) bond motifs is 1. The molecular weight excluding hydrogens is 528 g/mol. The molecule has 0 bridgehead atoms. The molecule has 10 nitrogen and oxygen atoms in total. The lowest BCUT2D eigenvalue weighted by molar-refractivity contribution is -0.0856. The van der Waals surface area contributed by atoms with Crippen LogP contribution in [0.1, 0.15) is 23.5 Å². The molecule has 4 atom stereocenters. The van der Waals surface area contributed by atoms with Gasteiger partial charge in [-0.25, -0.2) is 0 Å². The van der Waals surface area contributed by atoms with E-state index in [4.69, 9.17) is 33.2 Å². The molecule has 1 saturated heterocycles. The standard InChI is InChI=1S/C31H46N2O8/c1-35-13-4-11-33-12-14-39-28-10-5-23(17-27(28)33)20-40-29-18-32-19-30(41-22-25(34)21-37-3)31(29)24-6-8-26(9-7-24)38-16-15-36-2/h5-10,17,25,29-32,34H,4,11-16,18-22H2,1-3H3/t25-,29?,30-,31?/m1/s1. The molecule has 2 unspecified atom stereocenters. The van der Waals surface area contributed by atoms with Crippen LogP contribution in [0.4, 0.5) is 5.69 Å². The van der Waals surface area contributed by atoms with Gasteiger partial charge in [-0.2, -0.15) is 0 Å². The third-order valence-electron chi connectivity index (χ3n) is 7.40. The number of hydrogen-bond donors (Lipinski definition) is 2. The first kappa shape index (κ1) is 31.5. The second-order valence-electron chi connectivity index (χ2n) is 10.4. The second-order valence-corrected chi connectivity index (χ2v) is 10.4. The van der Waals surface area contributed by atoms with Crippen molar-refractivity contribution in [3.05, 3.63) is 53.6 Å². The third kappa shape index (κ3) is 9.27. The van der Waals surface area contributed by atoms with E-state index in [1.165, 1.54) is 0 Å². The lowest BCUT2D eigenvalue weighted by Gasteiger charge is -2.39. The number of nitrogens with one attached hydrogen (secondary N) is 1. The van der Waals surface area contributed by atoms with E-state index in [2.05, 4.69) is 34.5 Å². The maximum Gasteiger partial charge on any atom is 0.142 e. The van der Waals surface area contributed by atoms with Crippen LogP contribution in [0.2, 0.25) is 0 Å². The van der Waals surface area contributed by atoms with Crippen molar-refractivity contribution < 1.29 is 38.3 Å². The smallest absolute Gasteiger partial charge is 0.142 e. The van der Waals surface area contributed by atoms with E-state index in [-0.39, 0.29) is 31.3 Å². The first-order chi connectivity index (χ1) is 20.1. The highest BCUT2D eigenvalue weighted by Crippen LogP contribution is 2.35. The van der Waals surface area contributed by atoms with Gasteiger partial charge in [-0.15, -0.1) is 0 Å². The molecule has 2 aromatic rings. The Bertz CT molecular complexity index is 1020. The largest absolute Gasteiger partial charge is 0.491 e. The van der Waals surface area contributed by atoms with Crippen molar-refractivity contribution >= 4 is 5.69 Å². The average Bonchev–Trinajstić information content (AvgIpc) is 3.00. The fourth-order valence-electron chi connectivity index (χ4n) is 5.36. The van der Waals surface area contributed by atoms with Crippen LogP contribution in [0, 0.1) is 0 Å². The molecule has 2 aromatic carbocycles. The van der Waals surface area contributed by atoms with Crippen LogP contribution in [0.25, 0.3) is 0 Å². The summed E-state index contributed by atoms with van der Waals surface area (Å²) < 4.78 is 39.9. The van der Waals surface area contributed by atoms with E-state index in [1.807, 2.05) is 18.2 Å². The van der Waals surface area contributed by atoms with Crippen molar-refractivity contribution in [3.63, 3.8) is 0 Å². The van der Waals surface area contributed by atoms with Gasteiger partial charge in [0, 0.05) is 53.5 Å². The Kier molecular flexibility index (Phi) is 13.0. The van der Waals surface area contributed by atoms with E-state index in [9.17, 15) is 5.11 Å². The molecule has 2 N–H and O–H groups in total. The maximum atomic E-state index is 10.2. The Labute approximate surface area is 243 Å². The Morgan fingerprint density at radius 3 is 2.46 bits per heavy atom. The molecule has 0 saturated carbocycles. The Hall–Kier alpha value is -2.44. The molecule has 4 rings (SSSR count). The number of ether oxygens (including phenoxy) is 7. The number of benzene rings is 2. The molecule has 2 heterocycles. The molecular formula is C31H46N2O8. The van der Waals surface area contributed by atoms with Crippen LogP contribution in [0.15, 0.2) is 42.5 Å². The van der Waals surface area contributed by atoms with E-state index < -0.39 is 6.10 Å². The monoisotopic (exact) mass is 574 g/mol. The Morgan fingerprint density at radius 2 is 1.71 bits per heavy atom. The van der Waals surface area contributed by atoms with Gasteiger partial charge in [0.15, 0.2) is 0 Å². The lowest BCUT2D eigenvalue weighted by atomic mass is 9.85. The molecule has 2 aliphatic rings. The summed E-state index contributed by atoms with van der Waals surface area (Å²) in [5.41, 5.74) is 3.29. The third-order valence-corrected chi connectivity index (χ3v) is 7.40. The minimum Gasteiger partial charge on any atom is -0.491 e. The summed E-state index contributed by atoms with van der Waals surface area (Å²) in [5.74, 6) is 1.66. The van der Waals surface area contributed by atoms with Gasteiger partial charge in [-0.1, -0.05) is 18.2 Å². The molecule has 41 heavy (non-hydrogen) atoms. The summed E-state index contributed by atoms with van der Waals surface area (Å²) in [6, 6.07) is 14.4. The van der Waals surface area contributed by atoms with Crippen LogP contribution >= 0.6 is 0 Å². The number of piperidine rings is 1. The van der Waals surface area contributed by atoms with E-state index >= 15 is 0 Å². The van der Waals surface area contributed by atoms with Crippen molar-refractivity contribution in [2.24, 2.45) is 0 Å². The number of aliphatic hydroxyl groups is 1. The second kappa shape index (κ2) is 16.9. The number of nitrogens with zero attached hydrogens (tertiary/aromatic N) is 1. The van der Waals surface area contributed by atoms with Crippen LogP contribution in [0.3, 0.4) is 0 Å². The average molecular weight is 575 g/mol. The van der Waals surface area contributed by atoms with Crippen LogP contribution in [0.5, 0.6) is 11.5 Å². The fraction of sp³-hybridized carbons (Fsp3) is 0.613. The van der Waals surface area contributed by atoms with Gasteiger partial charge in [0.05, 0.1) is 50.9 Å². The van der Waals surface area contributed by atoms with Gasteiger partial charge >= 0.3 is 0 Å². The summed E-state index contributed by atoms with van der Waals surface area (Å²) in [5, 5.41) is 13.7. The zero-order chi connectivity index (χ0) is 28.9. The summed E-state index contributed by atoms with van der Waals surface area (Å²) >= 11 is 0. The first-order valence-electron chi connectivity index (χ1n) is 14.4. The summed E-state index contributed by atoms with van der Waals surface area (Å²) in [7, 11) is 4.96. The van der Waals surface area contributed by atoms with Gasteiger partial charge in [0.2, 0.25) is 0 Å². The van der Waals surface area contributed by atoms with Crippen molar-refractivity contribution in [2.45, 2.75) is 37.3 Å². The minimum atomic E-state index is -0.692. The Balaban J connectivity index is 1.47. The molecule has 2 aliphatic heterocycles. The summed E-state index contributed by atoms with van der Waals surface area (Å²) in [4.78, 5) is 2.36. The van der Waals surface area contributed by atoms with E-state index in [0.717, 1.165) is 54.4 Å². The van der Waals surface area contributed by atoms with E-state index in [0.29, 0.717) is 39.5 Å². The molecule has 0 aliphatic carbocycles. The van der Waals surface area contributed by atoms with Crippen molar-refractivity contribution in [1.82, 2.24) is 5.32 Å². The van der Waals surface area contributed by atoms with Crippen LogP contribution in [-0.4, -0.2) is 111 Å². The highest BCUT2D eigenvalue weighted by Gasteiger charge is 2.36. The van der Waals surface area contributed by atoms with Gasteiger partial charge < -0.3 is 48.5 Å². The number of hydrogen-bond acceptors (Lipinski definition) is 10. The normalized spacial score (nSPS) is 21.3. The van der Waals surface area contributed by atoms with Gasteiger partial charge in [-0.3, -0.25) is 0 Å². The highest BCUT2D eigenvalue weighted by molar-refractivity contribution is 5.61. The number of methoxy groups -OCH3 is 3. The number of anilines is 1. The molecule has 10 heteroatoms. The molecule has 0 spiro atoms. The van der Waals surface area contributed by atoms with Crippen LogP contribution < -0.4 is 19.7 Å². The van der Waals surface area contributed by atoms with Crippen molar-refractivity contribution in [3.8, 4) is 11.5 Å². The zero-order valence-electron chi connectivity index (χ0n) is 24.6. The predicted molar refractivity (Wildman–Crippen MR) is 156 cm³/mol. The summed E-state index contributed by atoms with van der Waals surface area (Å²) in [6.45, 7) is 6.43. The molecule has 1 fully saturated rings. The zero-order valence-corrected chi connectivity index (χ0v) is 24.6. The van der Waals surface area contributed by atoms with Crippen molar-refractivity contribution in [2.75, 3.05) is 92.0 Å². The molecule has 0 amide bonds. The number of rotatable bonds is 17. The topological polar surface area (TPSA) is 100 Å². The molecule has 0 aromatic heterocycles. The molecule has 0 radical (unpaired) electrons. The van der Waals surface area contributed by atoms with Crippen molar-refractivity contribution in [1.29, 1.82) is 0 Å². The predicted octanol–water partition coefficient (Wildman–Crippen LogP) is 2.61. The van der Waals surface area contributed by atoms with Gasteiger partial charge in [0.25, 0.3) is 0 Å². The summed E-state index contributed by atoms with van der Waals surface area (Å²) in [6.07, 6.45) is -0.0570. The fourth-order valence-corrected chi connectivity index (χ4v) is 5.36. The minimum absolute atomic E-state index is 0.0366. The van der Waals surface area contributed by atoms with Crippen LogP contribution in [-0.2, 0) is 30.3 Å².